The number of rotatable bonds is 6. The molecule has 0 spiro atoms. The minimum absolute atomic E-state index is 0.441. The van der Waals surface area contributed by atoms with Gasteiger partial charge < -0.3 is 10.6 Å². The third-order valence-corrected chi connectivity index (χ3v) is 5.97. The van der Waals surface area contributed by atoms with Gasteiger partial charge in [0.05, 0.1) is 30.2 Å². The predicted octanol–water partition coefficient (Wildman–Crippen LogP) is 5.91. The summed E-state index contributed by atoms with van der Waals surface area (Å²) in [5.74, 6) is 0.623. The topological polar surface area (TPSA) is 59.7 Å². The van der Waals surface area contributed by atoms with Gasteiger partial charge in [0, 0.05) is 27.9 Å². The van der Waals surface area contributed by atoms with Crippen LogP contribution in [0.5, 0.6) is 0 Å². The maximum Gasteiger partial charge on any atom is 0.176 e. The van der Waals surface area contributed by atoms with Crippen LogP contribution in [0.1, 0.15) is 22.5 Å². The van der Waals surface area contributed by atoms with Crippen molar-refractivity contribution in [3.8, 4) is 0 Å². The number of aryl methyl sites for hydroxylation is 1. The van der Waals surface area contributed by atoms with Crippen LogP contribution in [0.15, 0.2) is 60.8 Å². The van der Waals surface area contributed by atoms with E-state index in [-0.39, 0.29) is 0 Å². The number of hydrogen-bond donors (Lipinski definition) is 2. The fourth-order valence-electron chi connectivity index (χ4n) is 3.41. The predicted molar refractivity (Wildman–Crippen MR) is 135 cm³/mol. The van der Waals surface area contributed by atoms with E-state index >= 15 is 0 Å². The van der Waals surface area contributed by atoms with Gasteiger partial charge in [0.2, 0.25) is 0 Å². The first-order chi connectivity index (χ1) is 15.4. The SMILES string of the molecule is Cc1nn(Cc2ccccc2)c(C)c1NC(=S)Nc1ccn(Cc2c(Cl)cccc2Cl)n1. The molecule has 2 aromatic heterocycles. The molecule has 32 heavy (non-hydrogen) atoms. The van der Waals surface area contributed by atoms with Crippen LogP contribution >= 0.6 is 35.4 Å². The summed E-state index contributed by atoms with van der Waals surface area (Å²) < 4.78 is 3.73. The number of thiocarbonyl (C=S) groups is 1. The van der Waals surface area contributed by atoms with Crippen LogP contribution in [0.25, 0.3) is 0 Å². The summed E-state index contributed by atoms with van der Waals surface area (Å²) in [5.41, 5.74) is 4.79. The van der Waals surface area contributed by atoms with Crippen molar-refractivity contribution in [3.63, 3.8) is 0 Å². The second kappa shape index (κ2) is 9.73. The van der Waals surface area contributed by atoms with Gasteiger partial charge >= 0.3 is 0 Å². The zero-order chi connectivity index (χ0) is 22.7. The Labute approximate surface area is 202 Å². The van der Waals surface area contributed by atoms with E-state index in [1.807, 2.05) is 67.2 Å². The van der Waals surface area contributed by atoms with Crippen LogP contribution in [-0.4, -0.2) is 24.7 Å². The molecular weight excluding hydrogens is 463 g/mol. The van der Waals surface area contributed by atoms with Gasteiger partial charge in [0.1, 0.15) is 0 Å². The van der Waals surface area contributed by atoms with Crippen LogP contribution in [0.2, 0.25) is 10.0 Å². The summed E-state index contributed by atoms with van der Waals surface area (Å²) >= 11 is 18.0. The summed E-state index contributed by atoms with van der Waals surface area (Å²) in [4.78, 5) is 0. The molecule has 0 saturated carbocycles. The van der Waals surface area contributed by atoms with E-state index in [9.17, 15) is 0 Å². The molecule has 0 saturated heterocycles. The fourth-order valence-corrected chi connectivity index (χ4v) is 4.13. The van der Waals surface area contributed by atoms with Gasteiger partial charge in [0.25, 0.3) is 0 Å². The van der Waals surface area contributed by atoms with Gasteiger partial charge in [-0.1, -0.05) is 59.6 Å². The molecule has 9 heteroatoms. The molecular formula is C23H22Cl2N6S. The second-order valence-corrected chi connectivity index (χ2v) is 8.59. The van der Waals surface area contributed by atoms with Crippen molar-refractivity contribution in [2.45, 2.75) is 26.9 Å². The van der Waals surface area contributed by atoms with Crippen molar-refractivity contribution in [1.82, 2.24) is 19.6 Å². The molecule has 0 amide bonds. The first-order valence-corrected chi connectivity index (χ1v) is 11.2. The van der Waals surface area contributed by atoms with E-state index in [0.717, 1.165) is 22.6 Å². The maximum atomic E-state index is 6.26. The Morgan fingerprint density at radius 3 is 2.34 bits per heavy atom. The highest BCUT2D eigenvalue weighted by molar-refractivity contribution is 7.80. The first-order valence-electron chi connectivity index (χ1n) is 10.0. The van der Waals surface area contributed by atoms with E-state index in [2.05, 4.69) is 33.0 Å². The molecule has 0 aliphatic heterocycles. The van der Waals surface area contributed by atoms with Crippen LogP contribution in [0.4, 0.5) is 11.5 Å². The van der Waals surface area contributed by atoms with Gasteiger partial charge in [-0.25, -0.2) is 0 Å². The average molecular weight is 485 g/mol. The molecule has 0 unspecified atom stereocenters. The molecule has 0 aliphatic rings. The zero-order valence-corrected chi connectivity index (χ0v) is 20.0. The minimum atomic E-state index is 0.441. The van der Waals surface area contributed by atoms with Gasteiger partial charge in [-0.15, -0.1) is 0 Å². The Kier molecular flexibility index (Phi) is 6.79. The summed E-state index contributed by atoms with van der Waals surface area (Å²) in [6.45, 7) is 5.15. The standard InChI is InChI=1S/C23H22Cl2N6S/c1-15-22(16(2)31(28-15)13-17-7-4-3-5-8-17)27-23(32)26-21-11-12-30(29-21)14-18-19(24)9-6-10-20(18)25/h3-12H,13-14H2,1-2H3,(H2,26,27,29,32). The molecule has 2 heterocycles. The summed E-state index contributed by atoms with van der Waals surface area (Å²) in [5, 5.41) is 17.2. The lowest BCUT2D eigenvalue weighted by atomic mass is 10.2. The average Bonchev–Trinajstić information content (AvgIpc) is 3.31. The molecule has 164 valence electrons. The smallest absolute Gasteiger partial charge is 0.176 e. The number of nitrogens with one attached hydrogen (secondary N) is 2. The minimum Gasteiger partial charge on any atom is -0.329 e. The van der Waals surface area contributed by atoms with E-state index in [1.54, 1.807) is 4.68 Å². The normalized spacial score (nSPS) is 10.9. The lowest BCUT2D eigenvalue weighted by Crippen LogP contribution is -2.20. The highest BCUT2D eigenvalue weighted by atomic mass is 35.5. The Bertz CT molecular complexity index is 1230. The van der Waals surface area contributed by atoms with E-state index < -0.39 is 0 Å². The number of halogens is 2. The van der Waals surface area contributed by atoms with Crippen LogP contribution in [0.3, 0.4) is 0 Å². The van der Waals surface area contributed by atoms with E-state index in [4.69, 9.17) is 35.4 Å². The Morgan fingerprint density at radius 1 is 0.906 bits per heavy atom. The quantitative estimate of drug-likeness (QED) is 0.333. The van der Waals surface area contributed by atoms with Crippen molar-refractivity contribution in [3.05, 3.63) is 93.4 Å². The monoisotopic (exact) mass is 484 g/mol. The van der Waals surface area contributed by atoms with Crippen molar-refractivity contribution in [2.24, 2.45) is 0 Å². The van der Waals surface area contributed by atoms with Crippen molar-refractivity contribution < 1.29 is 0 Å². The largest absolute Gasteiger partial charge is 0.329 e. The fraction of sp³-hybridized carbons (Fsp3) is 0.174. The van der Waals surface area contributed by atoms with E-state index in [0.29, 0.717) is 34.1 Å². The molecule has 6 nitrogen and oxygen atoms in total. The van der Waals surface area contributed by atoms with Crippen LogP contribution < -0.4 is 10.6 Å². The molecule has 0 aliphatic carbocycles. The number of benzene rings is 2. The number of anilines is 2. The highest BCUT2D eigenvalue weighted by Gasteiger charge is 2.14. The Hall–Kier alpha value is -2.87. The number of aromatic nitrogens is 4. The number of hydrogen-bond acceptors (Lipinski definition) is 3. The van der Waals surface area contributed by atoms with E-state index in [1.165, 1.54) is 5.56 Å². The molecule has 0 fully saturated rings. The Morgan fingerprint density at radius 2 is 1.62 bits per heavy atom. The summed E-state index contributed by atoms with van der Waals surface area (Å²) in [7, 11) is 0. The van der Waals surface area contributed by atoms with Crippen molar-refractivity contribution in [1.29, 1.82) is 0 Å². The molecule has 0 atom stereocenters. The van der Waals surface area contributed by atoms with Gasteiger partial charge in [-0.05, 0) is 43.8 Å². The molecule has 0 radical (unpaired) electrons. The highest BCUT2D eigenvalue weighted by Crippen LogP contribution is 2.25. The third-order valence-electron chi connectivity index (χ3n) is 5.06. The number of nitrogens with zero attached hydrogens (tertiary/aromatic N) is 4. The van der Waals surface area contributed by atoms with Gasteiger partial charge in [-0.3, -0.25) is 9.36 Å². The molecule has 2 aromatic carbocycles. The molecule has 0 bridgehead atoms. The van der Waals surface area contributed by atoms with Gasteiger partial charge in [0.15, 0.2) is 10.9 Å². The molecule has 2 N–H and O–H groups in total. The molecule has 4 rings (SSSR count). The first kappa shape index (κ1) is 22.3. The van der Waals surface area contributed by atoms with Crippen molar-refractivity contribution >= 4 is 52.0 Å². The van der Waals surface area contributed by atoms with Gasteiger partial charge in [-0.2, -0.15) is 10.2 Å². The zero-order valence-electron chi connectivity index (χ0n) is 17.6. The van der Waals surface area contributed by atoms with Crippen LogP contribution in [-0.2, 0) is 13.1 Å². The van der Waals surface area contributed by atoms with Crippen LogP contribution in [0, 0.1) is 13.8 Å². The third kappa shape index (κ3) is 5.12. The Balaban J connectivity index is 1.41. The lowest BCUT2D eigenvalue weighted by Gasteiger charge is -2.10. The maximum absolute atomic E-state index is 6.26. The summed E-state index contributed by atoms with van der Waals surface area (Å²) in [6, 6.07) is 17.5. The second-order valence-electron chi connectivity index (χ2n) is 7.37. The lowest BCUT2D eigenvalue weighted by molar-refractivity contribution is 0.659. The molecule has 4 aromatic rings. The van der Waals surface area contributed by atoms with Crippen molar-refractivity contribution in [2.75, 3.05) is 10.6 Å². The summed E-state index contributed by atoms with van der Waals surface area (Å²) in [6.07, 6.45) is 1.85.